The first-order chi connectivity index (χ1) is 12.0. The van der Waals surface area contributed by atoms with Gasteiger partial charge in [0.2, 0.25) is 5.88 Å². The molecule has 126 valence electrons. The topological polar surface area (TPSA) is 39.4 Å². The highest BCUT2D eigenvalue weighted by molar-refractivity contribution is 5.69. The Bertz CT molecular complexity index is 967. The van der Waals surface area contributed by atoms with Gasteiger partial charge in [0, 0.05) is 11.8 Å². The molecule has 4 nitrogen and oxygen atoms in total. The van der Waals surface area contributed by atoms with E-state index < -0.39 is 0 Å². The molecule has 0 aliphatic heterocycles. The Kier molecular flexibility index (Phi) is 4.75. The minimum absolute atomic E-state index is 0.302. The number of halogens is 1. The maximum Gasteiger partial charge on any atom is 0.247 e. The third-order valence-corrected chi connectivity index (χ3v) is 3.51. The summed E-state index contributed by atoms with van der Waals surface area (Å²) < 4.78 is 21.2. The molecule has 0 spiro atoms. The number of aromatic nitrogens is 3. The minimum atomic E-state index is -0.302. The molecule has 0 saturated heterocycles. The van der Waals surface area contributed by atoms with E-state index in [1.54, 1.807) is 30.6 Å². The molecule has 3 rings (SSSR count). The molecule has 0 aliphatic rings. The summed E-state index contributed by atoms with van der Waals surface area (Å²) in [6.45, 7) is 7.34. The van der Waals surface area contributed by atoms with Crippen LogP contribution in [0.1, 0.15) is 19.7 Å². The zero-order chi connectivity index (χ0) is 17.8. The fourth-order valence-electron chi connectivity index (χ4n) is 2.13. The molecule has 25 heavy (non-hydrogen) atoms. The third-order valence-electron chi connectivity index (χ3n) is 3.51. The lowest BCUT2D eigenvalue weighted by Crippen LogP contribution is -2.02. The fraction of sp³-hybridized carbons (Fsp3) is 0.100. The number of fused-ring (bicyclic) bond motifs is 1. The highest BCUT2D eigenvalue weighted by Crippen LogP contribution is 2.25. The lowest BCUT2D eigenvalue weighted by atomic mass is 10.2. The van der Waals surface area contributed by atoms with Crippen LogP contribution < -0.4 is 4.74 Å². The number of para-hydroxylation sites is 1. The monoisotopic (exact) mass is 335 g/mol. The van der Waals surface area contributed by atoms with Crippen molar-refractivity contribution in [2.75, 3.05) is 0 Å². The standard InChI is InChI=1S/C20H18FN3O/c1-14(2)17(21)12-11-15(3)19-22-20(18-10-7-13-24(18)23-19)25-16-8-5-4-6-9-16/h4-13H,3H2,1-2H3/b12-11-. The van der Waals surface area contributed by atoms with Gasteiger partial charge < -0.3 is 4.74 Å². The average molecular weight is 335 g/mol. The first-order valence-corrected chi connectivity index (χ1v) is 7.83. The molecule has 0 unspecified atom stereocenters. The van der Waals surface area contributed by atoms with Gasteiger partial charge in [-0.05, 0) is 55.8 Å². The molecular weight excluding hydrogens is 317 g/mol. The van der Waals surface area contributed by atoms with Gasteiger partial charge in [0.15, 0.2) is 5.82 Å². The summed E-state index contributed by atoms with van der Waals surface area (Å²) in [6.07, 6.45) is 4.71. The van der Waals surface area contributed by atoms with Gasteiger partial charge in [-0.1, -0.05) is 24.8 Å². The molecule has 2 heterocycles. The van der Waals surface area contributed by atoms with E-state index in [0.29, 0.717) is 28.6 Å². The van der Waals surface area contributed by atoms with Crippen molar-refractivity contribution in [3.05, 3.63) is 84.6 Å². The van der Waals surface area contributed by atoms with Crippen molar-refractivity contribution in [1.29, 1.82) is 0 Å². The number of benzene rings is 1. The Hall–Kier alpha value is -3.21. The predicted octanol–water partition coefficient (Wildman–Crippen LogP) is 5.35. The number of ether oxygens (including phenoxy) is 1. The number of hydrogen-bond donors (Lipinski definition) is 0. The predicted molar refractivity (Wildman–Crippen MR) is 97.2 cm³/mol. The van der Waals surface area contributed by atoms with Gasteiger partial charge in [0.1, 0.15) is 17.1 Å². The second-order valence-corrected chi connectivity index (χ2v) is 5.70. The molecule has 3 aromatic rings. The SMILES string of the molecule is C=C(/C=C\C(F)=C(C)C)c1nc(Oc2ccccc2)c2cccn2n1. The lowest BCUT2D eigenvalue weighted by Gasteiger charge is -2.08. The molecule has 0 N–H and O–H groups in total. The normalized spacial score (nSPS) is 11.0. The Labute approximate surface area is 145 Å². The van der Waals surface area contributed by atoms with Gasteiger partial charge >= 0.3 is 0 Å². The Balaban J connectivity index is 1.97. The van der Waals surface area contributed by atoms with Crippen molar-refractivity contribution in [3.63, 3.8) is 0 Å². The molecule has 0 amide bonds. The van der Waals surface area contributed by atoms with Crippen molar-refractivity contribution < 1.29 is 9.13 Å². The Morgan fingerprint density at radius 3 is 2.60 bits per heavy atom. The van der Waals surface area contributed by atoms with Crippen LogP contribution >= 0.6 is 0 Å². The van der Waals surface area contributed by atoms with Crippen molar-refractivity contribution in [2.45, 2.75) is 13.8 Å². The van der Waals surface area contributed by atoms with Crippen LogP contribution in [0.4, 0.5) is 4.39 Å². The van der Waals surface area contributed by atoms with Gasteiger partial charge in [-0.3, -0.25) is 0 Å². The lowest BCUT2D eigenvalue weighted by molar-refractivity contribution is 0.462. The largest absolute Gasteiger partial charge is 0.437 e. The average Bonchev–Trinajstić information content (AvgIpc) is 3.09. The summed E-state index contributed by atoms with van der Waals surface area (Å²) >= 11 is 0. The summed E-state index contributed by atoms with van der Waals surface area (Å²) in [5.41, 5.74) is 1.82. The van der Waals surface area contributed by atoms with Crippen LogP contribution in [0, 0.1) is 0 Å². The molecule has 0 atom stereocenters. The van der Waals surface area contributed by atoms with Crippen LogP contribution in [-0.4, -0.2) is 14.6 Å². The van der Waals surface area contributed by atoms with E-state index in [1.807, 2.05) is 42.5 Å². The van der Waals surface area contributed by atoms with E-state index in [0.717, 1.165) is 5.52 Å². The van der Waals surface area contributed by atoms with Crippen molar-refractivity contribution in [1.82, 2.24) is 14.6 Å². The minimum Gasteiger partial charge on any atom is -0.437 e. The number of allylic oxidation sites excluding steroid dienone is 5. The fourth-order valence-corrected chi connectivity index (χ4v) is 2.13. The Morgan fingerprint density at radius 2 is 1.88 bits per heavy atom. The Morgan fingerprint density at radius 1 is 1.12 bits per heavy atom. The van der Waals surface area contributed by atoms with E-state index in [1.165, 1.54) is 6.08 Å². The quantitative estimate of drug-likeness (QED) is 0.590. The van der Waals surface area contributed by atoms with Crippen LogP contribution in [0.5, 0.6) is 11.6 Å². The second kappa shape index (κ2) is 7.13. The maximum atomic E-state index is 13.7. The molecular formula is C20H18FN3O. The van der Waals surface area contributed by atoms with E-state index in [9.17, 15) is 4.39 Å². The number of hydrogen-bond acceptors (Lipinski definition) is 3. The van der Waals surface area contributed by atoms with Crippen LogP contribution in [0.15, 0.2) is 78.8 Å². The number of rotatable bonds is 5. The van der Waals surface area contributed by atoms with Gasteiger partial charge in [-0.15, -0.1) is 5.10 Å². The highest BCUT2D eigenvalue weighted by Gasteiger charge is 2.11. The van der Waals surface area contributed by atoms with Gasteiger partial charge in [0.25, 0.3) is 0 Å². The maximum absolute atomic E-state index is 13.7. The van der Waals surface area contributed by atoms with Crippen molar-refractivity contribution >= 4 is 11.1 Å². The van der Waals surface area contributed by atoms with Gasteiger partial charge in [-0.25, -0.2) is 8.91 Å². The molecule has 5 heteroatoms. The van der Waals surface area contributed by atoms with E-state index in [-0.39, 0.29) is 5.83 Å². The smallest absolute Gasteiger partial charge is 0.247 e. The van der Waals surface area contributed by atoms with E-state index >= 15 is 0 Å². The zero-order valence-corrected chi connectivity index (χ0v) is 14.1. The van der Waals surface area contributed by atoms with Crippen molar-refractivity contribution in [2.24, 2.45) is 0 Å². The molecule has 0 fully saturated rings. The summed E-state index contributed by atoms with van der Waals surface area (Å²) in [5, 5.41) is 4.40. The second-order valence-electron chi connectivity index (χ2n) is 5.70. The first kappa shape index (κ1) is 16.6. The van der Waals surface area contributed by atoms with E-state index in [2.05, 4.69) is 16.7 Å². The van der Waals surface area contributed by atoms with Gasteiger partial charge in [-0.2, -0.15) is 4.98 Å². The van der Waals surface area contributed by atoms with Gasteiger partial charge in [0.05, 0.1) is 0 Å². The molecule has 0 radical (unpaired) electrons. The number of nitrogens with zero attached hydrogens (tertiary/aromatic N) is 3. The third kappa shape index (κ3) is 3.83. The van der Waals surface area contributed by atoms with Crippen LogP contribution in [0.2, 0.25) is 0 Å². The van der Waals surface area contributed by atoms with Crippen LogP contribution in [-0.2, 0) is 0 Å². The molecule has 0 saturated carbocycles. The highest BCUT2D eigenvalue weighted by atomic mass is 19.1. The molecule has 0 bridgehead atoms. The summed E-state index contributed by atoms with van der Waals surface area (Å²) in [6, 6.07) is 13.1. The zero-order valence-electron chi connectivity index (χ0n) is 14.1. The summed E-state index contributed by atoms with van der Waals surface area (Å²) in [4.78, 5) is 4.45. The van der Waals surface area contributed by atoms with Crippen molar-refractivity contribution in [3.8, 4) is 11.6 Å². The van der Waals surface area contributed by atoms with Crippen LogP contribution in [0.25, 0.3) is 11.1 Å². The summed E-state index contributed by atoms with van der Waals surface area (Å²) in [7, 11) is 0. The summed E-state index contributed by atoms with van der Waals surface area (Å²) in [5.74, 6) is 1.15. The molecule has 1 aromatic carbocycles. The first-order valence-electron chi connectivity index (χ1n) is 7.83. The molecule has 0 aliphatic carbocycles. The van der Waals surface area contributed by atoms with E-state index in [4.69, 9.17) is 4.74 Å². The molecule has 2 aromatic heterocycles. The van der Waals surface area contributed by atoms with Crippen LogP contribution in [0.3, 0.4) is 0 Å².